The van der Waals surface area contributed by atoms with Gasteiger partial charge in [0.2, 0.25) is 5.91 Å². The molecule has 0 saturated carbocycles. The second-order valence-electron chi connectivity index (χ2n) is 10.6. The van der Waals surface area contributed by atoms with Crippen molar-refractivity contribution in [1.82, 2.24) is 14.9 Å². The summed E-state index contributed by atoms with van der Waals surface area (Å²) in [6.07, 6.45) is -0.285. The molecule has 4 aromatic rings. The van der Waals surface area contributed by atoms with Crippen LogP contribution in [0.15, 0.2) is 91.4 Å². The highest BCUT2D eigenvalue weighted by atomic mass is 19.4. The molecule has 5 rings (SSSR count). The first-order chi connectivity index (χ1) is 21.3. The molecule has 232 valence electrons. The number of nitrogens with two attached hydrogens (primary N) is 1. The molecule has 11 nitrogen and oxygen atoms in total. The van der Waals surface area contributed by atoms with Crippen molar-refractivity contribution in [3.63, 3.8) is 0 Å². The Hall–Kier alpha value is -5.50. The Morgan fingerprint density at radius 1 is 1.02 bits per heavy atom. The van der Waals surface area contributed by atoms with Crippen LogP contribution in [0.1, 0.15) is 31.0 Å². The molecular formula is C31H28F3N7O4. The fourth-order valence-electron chi connectivity index (χ4n) is 4.73. The van der Waals surface area contributed by atoms with Crippen molar-refractivity contribution in [2.75, 3.05) is 15.5 Å². The van der Waals surface area contributed by atoms with Crippen LogP contribution in [0, 0.1) is 0 Å². The number of pyridine rings is 2. The van der Waals surface area contributed by atoms with Crippen molar-refractivity contribution >= 4 is 40.7 Å². The average Bonchev–Trinajstić information content (AvgIpc) is 3.17. The van der Waals surface area contributed by atoms with Crippen LogP contribution in [-0.2, 0) is 16.1 Å². The van der Waals surface area contributed by atoms with E-state index in [0.717, 1.165) is 23.1 Å². The van der Waals surface area contributed by atoms with Crippen LogP contribution >= 0.6 is 0 Å². The number of hydrogen-bond donors (Lipinski definition) is 3. The summed E-state index contributed by atoms with van der Waals surface area (Å²) in [4.78, 5) is 50.8. The molecule has 1 saturated heterocycles. The molecule has 45 heavy (non-hydrogen) atoms. The lowest BCUT2D eigenvalue weighted by Gasteiger charge is -2.27. The van der Waals surface area contributed by atoms with Crippen molar-refractivity contribution in [3.8, 4) is 5.75 Å². The maximum absolute atomic E-state index is 13.7. The molecule has 0 radical (unpaired) electrons. The van der Waals surface area contributed by atoms with Gasteiger partial charge in [-0.2, -0.15) is 0 Å². The van der Waals surface area contributed by atoms with Crippen LogP contribution in [0.25, 0.3) is 0 Å². The van der Waals surface area contributed by atoms with Gasteiger partial charge in [-0.1, -0.05) is 30.3 Å². The minimum absolute atomic E-state index is 0.0170. The van der Waals surface area contributed by atoms with Crippen molar-refractivity contribution < 1.29 is 32.3 Å². The lowest BCUT2D eigenvalue weighted by molar-refractivity contribution is -0.274. The van der Waals surface area contributed by atoms with Crippen LogP contribution in [-0.4, -0.2) is 44.6 Å². The summed E-state index contributed by atoms with van der Waals surface area (Å²) >= 11 is 0. The molecule has 0 bridgehead atoms. The Balaban J connectivity index is 1.42. The Morgan fingerprint density at radius 3 is 2.47 bits per heavy atom. The van der Waals surface area contributed by atoms with E-state index in [4.69, 9.17) is 5.73 Å². The third-order valence-electron chi connectivity index (χ3n) is 7.07. The quantitative estimate of drug-likeness (QED) is 0.208. The fourth-order valence-corrected chi connectivity index (χ4v) is 4.73. The summed E-state index contributed by atoms with van der Waals surface area (Å²) in [5.74, 6) is -1.72. The van der Waals surface area contributed by atoms with Gasteiger partial charge >= 0.3 is 12.4 Å². The van der Waals surface area contributed by atoms with E-state index < -0.39 is 47.2 Å². The standard InChI is InChI=1S/C31H28F3N7O4/c1-30(2)28(43)41(29(44)40(30)18-19-12-14-37-25(15-19)38-21-9-6-13-36-17-21)22-10-11-24(45-31(32,33)34)23(16-22)39-27(42)26(35)20-7-4-3-5-8-20/h3-17,26H,18,35H2,1-2H3,(H,37,38)(H,39,42)/t26-/m1/s1. The molecule has 4 amide bonds. The van der Waals surface area contributed by atoms with Crippen LogP contribution in [0.3, 0.4) is 0 Å². The average molecular weight is 620 g/mol. The highest BCUT2D eigenvalue weighted by Gasteiger charge is 2.52. The highest BCUT2D eigenvalue weighted by molar-refractivity contribution is 6.23. The zero-order chi connectivity index (χ0) is 32.4. The monoisotopic (exact) mass is 619 g/mol. The molecule has 1 aliphatic rings. The Kier molecular flexibility index (Phi) is 8.42. The molecule has 3 heterocycles. The normalized spacial score (nSPS) is 15.2. The van der Waals surface area contributed by atoms with Gasteiger partial charge in [0.1, 0.15) is 17.4 Å². The maximum atomic E-state index is 13.7. The van der Waals surface area contributed by atoms with Gasteiger partial charge in [0.25, 0.3) is 5.91 Å². The van der Waals surface area contributed by atoms with E-state index in [-0.39, 0.29) is 12.2 Å². The number of nitrogens with zero attached hydrogens (tertiary/aromatic N) is 4. The van der Waals surface area contributed by atoms with Crippen molar-refractivity contribution in [3.05, 3.63) is 103 Å². The maximum Gasteiger partial charge on any atom is 0.573 e. The number of amides is 4. The molecule has 14 heteroatoms. The largest absolute Gasteiger partial charge is 0.573 e. The summed E-state index contributed by atoms with van der Waals surface area (Å²) in [5, 5.41) is 5.47. The van der Waals surface area contributed by atoms with E-state index in [0.29, 0.717) is 22.6 Å². The second kappa shape index (κ2) is 12.2. The van der Waals surface area contributed by atoms with Crippen LogP contribution in [0.4, 0.5) is 40.8 Å². The number of aromatic nitrogens is 2. The first-order valence-electron chi connectivity index (χ1n) is 13.6. The molecule has 1 fully saturated rings. The number of carbonyl (C=O) groups is 3. The molecule has 0 unspecified atom stereocenters. The molecule has 0 spiro atoms. The lowest BCUT2D eigenvalue weighted by Crippen LogP contribution is -2.43. The Bertz CT molecular complexity index is 1720. The van der Waals surface area contributed by atoms with Crippen molar-refractivity contribution in [2.45, 2.75) is 38.3 Å². The first kappa shape index (κ1) is 30.9. The van der Waals surface area contributed by atoms with Gasteiger partial charge < -0.3 is 26.0 Å². The molecule has 1 atom stereocenters. The first-order valence-corrected chi connectivity index (χ1v) is 13.6. The van der Waals surface area contributed by atoms with E-state index in [1.165, 1.54) is 4.90 Å². The van der Waals surface area contributed by atoms with Crippen LogP contribution in [0.2, 0.25) is 0 Å². The third-order valence-corrected chi connectivity index (χ3v) is 7.07. The number of carbonyl (C=O) groups excluding carboxylic acids is 3. The number of nitrogens with one attached hydrogen (secondary N) is 2. The van der Waals surface area contributed by atoms with Crippen molar-refractivity contribution in [2.24, 2.45) is 5.73 Å². The van der Waals surface area contributed by atoms with Crippen LogP contribution in [0.5, 0.6) is 5.75 Å². The van der Waals surface area contributed by atoms with E-state index >= 15 is 0 Å². The molecule has 1 aliphatic heterocycles. The van der Waals surface area contributed by atoms with Gasteiger partial charge in [-0.05, 0) is 67.4 Å². The van der Waals surface area contributed by atoms with Gasteiger partial charge in [-0.3, -0.25) is 14.6 Å². The number of ether oxygens (including phenoxy) is 1. The lowest BCUT2D eigenvalue weighted by atomic mass is 10.0. The number of alkyl halides is 3. The number of urea groups is 1. The number of imide groups is 1. The minimum Gasteiger partial charge on any atom is -0.404 e. The molecule has 4 N–H and O–H groups in total. The number of halogens is 3. The van der Waals surface area contributed by atoms with E-state index in [1.54, 1.807) is 81.0 Å². The fraction of sp³-hybridized carbons (Fsp3) is 0.194. The zero-order valence-electron chi connectivity index (χ0n) is 24.1. The molecular weight excluding hydrogens is 591 g/mol. The van der Waals surface area contributed by atoms with Gasteiger partial charge in [-0.25, -0.2) is 14.7 Å². The summed E-state index contributed by atoms with van der Waals surface area (Å²) in [7, 11) is 0. The SMILES string of the molecule is CC1(C)C(=O)N(c2ccc(OC(F)(F)F)c(NC(=O)[C@H](N)c3ccccc3)c2)C(=O)N1Cc1ccnc(Nc2cccnc2)c1. The molecule has 2 aromatic carbocycles. The smallest absolute Gasteiger partial charge is 0.404 e. The predicted molar refractivity (Wildman–Crippen MR) is 159 cm³/mol. The third kappa shape index (κ3) is 6.86. The topological polar surface area (TPSA) is 143 Å². The number of hydrogen-bond acceptors (Lipinski definition) is 8. The summed E-state index contributed by atoms with van der Waals surface area (Å²) < 4.78 is 43.8. The Labute approximate surface area is 255 Å². The van der Waals surface area contributed by atoms with E-state index in [1.807, 2.05) is 6.07 Å². The van der Waals surface area contributed by atoms with Crippen LogP contribution < -0.4 is 26.0 Å². The van der Waals surface area contributed by atoms with Crippen molar-refractivity contribution in [1.29, 1.82) is 0 Å². The summed E-state index contributed by atoms with van der Waals surface area (Å²) in [6.45, 7) is 3.14. The number of anilines is 4. The van der Waals surface area contributed by atoms with Gasteiger partial charge in [-0.15, -0.1) is 13.2 Å². The second-order valence-corrected chi connectivity index (χ2v) is 10.6. The van der Waals surface area contributed by atoms with Gasteiger partial charge in [0, 0.05) is 18.9 Å². The molecule has 0 aliphatic carbocycles. The zero-order valence-corrected chi connectivity index (χ0v) is 24.1. The number of benzene rings is 2. The predicted octanol–water partition coefficient (Wildman–Crippen LogP) is 5.50. The summed E-state index contributed by atoms with van der Waals surface area (Å²) in [5.41, 5.74) is 5.97. The van der Waals surface area contributed by atoms with E-state index in [9.17, 15) is 27.6 Å². The molecule has 2 aromatic heterocycles. The minimum atomic E-state index is -5.09. The van der Waals surface area contributed by atoms with E-state index in [2.05, 4.69) is 25.3 Å². The van der Waals surface area contributed by atoms with Gasteiger partial charge in [0.15, 0.2) is 5.75 Å². The highest BCUT2D eigenvalue weighted by Crippen LogP contribution is 2.38. The number of rotatable bonds is 9. The van der Waals surface area contributed by atoms with Gasteiger partial charge in [0.05, 0.1) is 23.3 Å². The Morgan fingerprint density at radius 2 is 1.78 bits per heavy atom. The summed E-state index contributed by atoms with van der Waals surface area (Å²) in [6, 6.07) is 16.4.